The van der Waals surface area contributed by atoms with Gasteiger partial charge in [-0.25, -0.2) is 4.98 Å². The minimum atomic E-state index is 0.247. The number of rotatable bonds is 5. The van der Waals surface area contributed by atoms with Gasteiger partial charge in [0.25, 0.3) is 0 Å². The summed E-state index contributed by atoms with van der Waals surface area (Å²) in [4.78, 5) is 13.2. The van der Waals surface area contributed by atoms with Crippen molar-refractivity contribution in [3.05, 3.63) is 72.2 Å². The molecule has 3 rings (SSSR count). The fourth-order valence-corrected chi connectivity index (χ4v) is 2.79. The zero-order valence-corrected chi connectivity index (χ0v) is 14.3. The summed E-state index contributed by atoms with van der Waals surface area (Å²) < 4.78 is 2.23. The summed E-state index contributed by atoms with van der Waals surface area (Å²) in [6, 6.07) is 10.6. The van der Waals surface area contributed by atoms with Crippen molar-refractivity contribution >= 4 is 6.08 Å². The second kappa shape index (κ2) is 7.21. The Kier molecular flexibility index (Phi) is 4.85. The maximum atomic E-state index is 4.68. The van der Waals surface area contributed by atoms with E-state index < -0.39 is 0 Å². The van der Waals surface area contributed by atoms with Gasteiger partial charge in [0.1, 0.15) is 0 Å². The second-order valence-corrected chi connectivity index (χ2v) is 6.22. The number of aromatic nitrogens is 4. The summed E-state index contributed by atoms with van der Waals surface area (Å²) in [7, 11) is 0. The van der Waals surface area contributed by atoms with Crippen LogP contribution in [0.15, 0.2) is 60.8 Å². The molecule has 0 fully saturated rings. The van der Waals surface area contributed by atoms with Crippen LogP contribution in [0.4, 0.5) is 0 Å². The Bertz CT molecular complexity index is 815. The van der Waals surface area contributed by atoms with Crippen molar-refractivity contribution in [2.24, 2.45) is 0 Å². The third-order valence-corrected chi connectivity index (χ3v) is 3.90. The number of imidazole rings is 1. The summed E-state index contributed by atoms with van der Waals surface area (Å²) in [5, 5.41) is 0. The molecule has 0 saturated heterocycles. The lowest BCUT2D eigenvalue weighted by atomic mass is 10.1. The number of hydrogen-bond donors (Lipinski definition) is 0. The molecule has 0 radical (unpaired) electrons. The second-order valence-electron chi connectivity index (χ2n) is 6.22. The van der Waals surface area contributed by atoms with Crippen LogP contribution in [0.5, 0.6) is 0 Å². The van der Waals surface area contributed by atoms with Gasteiger partial charge in [0.05, 0.1) is 23.4 Å². The molecule has 0 saturated carbocycles. The van der Waals surface area contributed by atoms with Gasteiger partial charge in [-0.2, -0.15) is 0 Å². The van der Waals surface area contributed by atoms with Gasteiger partial charge in [-0.05, 0) is 26.8 Å². The molecule has 0 amide bonds. The van der Waals surface area contributed by atoms with E-state index in [-0.39, 0.29) is 6.04 Å². The normalized spacial score (nSPS) is 12.0. The molecule has 0 aliphatic carbocycles. The number of allylic oxidation sites excluding steroid dienone is 1. The molecule has 122 valence electrons. The van der Waals surface area contributed by atoms with Gasteiger partial charge in [-0.1, -0.05) is 35.9 Å². The highest BCUT2D eigenvalue weighted by atomic mass is 15.1. The van der Waals surface area contributed by atoms with E-state index in [1.165, 1.54) is 5.57 Å². The molecule has 0 unspecified atom stereocenters. The van der Waals surface area contributed by atoms with Crippen molar-refractivity contribution in [3.63, 3.8) is 0 Å². The first-order valence-electron chi connectivity index (χ1n) is 8.17. The van der Waals surface area contributed by atoms with E-state index in [2.05, 4.69) is 58.5 Å². The van der Waals surface area contributed by atoms with E-state index >= 15 is 0 Å². The molecule has 1 atom stereocenters. The molecule has 1 aromatic carbocycles. The smallest absolute Gasteiger partial charge is 0.0961 e. The summed E-state index contributed by atoms with van der Waals surface area (Å²) in [6.07, 6.45) is 10.2. The molecule has 0 aliphatic heterocycles. The molecule has 24 heavy (non-hydrogen) atoms. The Hall–Kier alpha value is -2.75. The van der Waals surface area contributed by atoms with E-state index in [1.54, 1.807) is 12.4 Å². The van der Waals surface area contributed by atoms with Gasteiger partial charge in [-0.3, -0.25) is 9.97 Å². The summed E-state index contributed by atoms with van der Waals surface area (Å²) in [5.74, 6) is 0. The zero-order valence-electron chi connectivity index (χ0n) is 14.3. The molecular formula is C20H22N4. The summed E-state index contributed by atoms with van der Waals surface area (Å²) in [5.41, 5.74) is 5.53. The molecular weight excluding hydrogens is 296 g/mol. The monoisotopic (exact) mass is 318 g/mol. The van der Waals surface area contributed by atoms with Crippen LogP contribution >= 0.6 is 0 Å². The minimum absolute atomic E-state index is 0.247. The highest BCUT2D eigenvalue weighted by molar-refractivity contribution is 5.71. The third-order valence-electron chi connectivity index (χ3n) is 3.90. The fourth-order valence-electron chi connectivity index (χ4n) is 2.79. The number of benzene rings is 1. The van der Waals surface area contributed by atoms with Gasteiger partial charge in [0.2, 0.25) is 0 Å². The quantitative estimate of drug-likeness (QED) is 0.692. The van der Waals surface area contributed by atoms with E-state index in [1.807, 2.05) is 30.7 Å². The van der Waals surface area contributed by atoms with Crippen molar-refractivity contribution in [1.82, 2.24) is 19.5 Å². The Morgan fingerprint density at radius 1 is 1.12 bits per heavy atom. The van der Waals surface area contributed by atoms with Gasteiger partial charge in [0.15, 0.2) is 0 Å². The van der Waals surface area contributed by atoms with Gasteiger partial charge >= 0.3 is 0 Å². The zero-order chi connectivity index (χ0) is 16.9. The molecule has 0 aliphatic rings. The van der Waals surface area contributed by atoms with E-state index in [0.29, 0.717) is 0 Å². The average molecular weight is 318 g/mol. The van der Waals surface area contributed by atoms with Crippen LogP contribution in [0.2, 0.25) is 0 Å². The number of hydrogen-bond acceptors (Lipinski definition) is 3. The van der Waals surface area contributed by atoms with Crippen LogP contribution in [-0.4, -0.2) is 19.5 Å². The number of nitrogens with zero attached hydrogens (tertiary/aromatic N) is 4. The predicted molar refractivity (Wildman–Crippen MR) is 97.4 cm³/mol. The molecule has 4 nitrogen and oxygen atoms in total. The van der Waals surface area contributed by atoms with Crippen molar-refractivity contribution in [1.29, 1.82) is 0 Å². The Balaban J connectivity index is 1.99. The Labute approximate surface area is 142 Å². The molecule has 0 N–H and O–H groups in total. The van der Waals surface area contributed by atoms with Crippen molar-refractivity contribution in [3.8, 4) is 11.3 Å². The van der Waals surface area contributed by atoms with Gasteiger partial charge in [-0.15, -0.1) is 0 Å². The third kappa shape index (κ3) is 3.59. The highest BCUT2D eigenvalue weighted by Gasteiger charge is 2.16. The minimum Gasteiger partial charge on any atom is -0.327 e. The van der Waals surface area contributed by atoms with Crippen LogP contribution in [0.3, 0.4) is 0 Å². The van der Waals surface area contributed by atoms with E-state index in [9.17, 15) is 0 Å². The topological polar surface area (TPSA) is 43.6 Å². The maximum Gasteiger partial charge on any atom is 0.0961 e. The molecule has 4 heteroatoms. The summed E-state index contributed by atoms with van der Waals surface area (Å²) in [6.45, 7) is 6.41. The SMILES string of the molecule is CC(C)=Cc1c(-c2ccccc2)ncn1[C@H](C)Cc1cnccn1. The molecule has 2 heterocycles. The van der Waals surface area contributed by atoms with Crippen molar-refractivity contribution in [2.45, 2.75) is 33.2 Å². The van der Waals surface area contributed by atoms with Crippen LogP contribution < -0.4 is 0 Å². The summed E-state index contributed by atoms with van der Waals surface area (Å²) >= 11 is 0. The average Bonchev–Trinajstić information content (AvgIpc) is 2.99. The maximum absolute atomic E-state index is 4.68. The largest absolute Gasteiger partial charge is 0.327 e. The van der Waals surface area contributed by atoms with Gasteiger partial charge < -0.3 is 4.57 Å². The van der Waals surface area contributed by atoms with E-state index in [0.717, 1.165) is 29.1 Å². The lowest BCUT2D eigenvalue weighted by Gasteiger charge is -2.16. The molecule has 0 spiro atoms. The molecule has 2 aromatic heterocycles. The molecule has 3 aromatic rings. The predicted octanol–water partition coefficient (Wildman–Crippen LogP) is 4.57. The highest BCUT2D eigenvalue weighted by Crippen LogP contribution is 2.27. The van der Waals surface area contributed by atoms with Gasteiger partial charge in [0, 0.05) is 36.6 Å². The Morgan fingerprint density at radius 3 is 2.58 bits per heavy atom. The first-order valence-corrected chi connectivity index (χ1v) is 8.17. The van der Waals surface area contributed by atoms with Crippen LogP contribution in [-0.2, 0) is 6.42 Å². The van der Waals surface area contributed by atoms with Crippen LogP contribution in [0.1, 0.15) is 38.2 Å². The molecule has 0 bridgehead atoms. The van der Waals surface area contributed by atoms with Crippen LogP contribution in [0.25, 0.3) is 17.3 Å². The lowest BCUT2D eigenvalue weighted by molar-refractivity contribution is 0.533. The van der Waals surface area contributed by atoms with Crippen molar-refractivity contribution < 1.29 is 0 Å². The Morgan fingerprint density at radius 2 is 1.92 bits per heavy atom. The standard InChI is InChI=1S/C20H22N4/c1-15(2)11-19-20(17-7-5-4-6-8-17)23-14-24(19)16(3)12-18-13-21-9-10-22-18/h4-11,13-14,16H,12H2,1-3H3/t16-/m1/s1. The first kappa shape index (κ1) is 16.1. The fraction of sp³-hybridized carbons (Fsp3) is 0.250. The lowest BCUT2D eigenvalue weighted by Crippen LogP contribution is -2.10. The first-order chi connectivity index (χ1) is 11.6. The van der Waals surface area contributed by atoms with Crippen LogP contribution in [0, 0.1) is 0 Å². The van der Waals surface area contributed by atoms with E-state index in [4.69, 9.17) is 0 Å². The van der Waals surface area contributed by atoms with Crippen molar-refractivity contribution in [2.75, 3.05) is 0 Å².